The summed E-state index contributed by atoms with van der Waals surface area (Å²) in [6.07, 6.45) is 3.38. The molecule has 1 aromatic rings. The van der Waals surface area contributed by atoms with Gasteiger partial charge in [-0.2, -0.15) is 0 Å². The zero-order valence-corrected chi connectivity index (χ0v) is 14.8. The molecule has 0 radical (unpaired) electrons. The quantitative estimate of drug-likeness (QED) is 0.330. The Bertz CT molecular complexity index is 454. The molecule has 1 rings (SSSR count). The molecular weight excluding hydrogens is 275 g/mol. The van der Waals surface area contributed by atoms with Crippen molar-refractivity contribution in [3.8, 4) is 0 Å². The number of hydrogen-bond acceptors (Lipinski definition) is 1. The molecule has 0 aromatic heterocycles. The highest BCUT2D eigenvalue weighted by molar-refractivity contribution is 7.39. The molecule has 0 amide bonds. The number of aliphatic imine (C=N–C) groups is 1. The van der Waals surface area contributed by atoms with E-state index in [0.29, 0.717) is 11.7 Å². The van der Waals surface area contributed by atoms with E-state index in [1.807, 2.05) is 7.05 Å². The maximum Gasteiger partial charge on any atom is 0.103 e. The largest absolute Gasteiger partial charge is 0.367 e. The molecule has 0 saturated heterocycles. The number of hydrogen-bond donors (Lipinski definition) is 1. The topological polar surface area (TPSA) is 24.4 Å². The van der Waals surface area contributed by atoms with Crippen LogP contribution in [0, 0.1) is 0 Å². The zero-order valence-electron chi connectivity index (χ0n) is 13.8. The number of benzene rings is 1. The van der Waals surface area contributed by atoms with E-state index in [1.165, 1.54) is 11.1 Å². The molecule has 0 saturated carbocycles. The molecule has 2 nitrogen and oxygen atoms in total. The minimum absolute atomic E-state index is 0.325. The third-order valence-electron chi connectivity index (χ3n) is 3.80. The lowest BCUT2D eigenvalue weighted by molar-refractivity contribution is 0.594. The summed E-state index contributed by atoms with van der Waals surface area (Å²) < 4.78 is 0. The smallest absolute Gasteiger partial charge is 0.103 e. The first-order chi connectivity index (χ1) is 10.1. The molecule has 3 heteroatoms. The van der Waals surface area contributed by atoms with Crippen molar-refractivity contribution in [2.75, 3.05) is 13.7 Å². The number of nitrogens with one attached hydrogen (secondary N) is 1. The third kappa shape index (κ3) is 6.44. The van der Waals surface area contributed by atoms with Crippen LogP contribution in [-0.4, -0.2) is 31.2 Å². The van der Waals surface area contributed by atoms with Crippen LogP contribution in [0.25, 0.3) is 0 Å². The molecule has 0 aliphatic carbocycles. The second kappa shape index (κ2) is 9.73. The van der Waals surface area contributed by atoms with Crippen LogP contribution in [0.1, 0.15) is 32.3 Å². The molecule has 1 aromatic carbocycles. The first kappa shape index (κ1) is 17.9. The second-order valence-electron chi connectivity index (χ2n) is 5.54. The van der Waals surface area contributed by atoms with Crippen LogP contribution in [0.15, 0.2) is 47.5 Å². The third-order valence-corrected chi connectivity index (χ3v) is 4.94. The Labute approximate surface area is 131 Å². The molecule has 3 unspecified atom stereocenters. The molecule has 3 atom stereocenters. The van der Waals surface area contributed by atoms with E-state index in [4.69, 9.17) is 0 Å². The highest BCUT2D eigenvalue weighted by Gasteiger charge is 2.14. The Kier molecular flexibility index (Phi) is 8.30. The summed E-state index contributed by atoms with van der Waals surface area (Å²) in [6, 6.07) is 11.0. The SMILES string of the molecule is C=C(C)C(CCCc1ccccc1)NC(=NC)C(C)PC. The lowest BCUT2D eigenvalue weighted by Gasteiger charge is -2.24. The number of rotatable bonds is 8. The maximum absolute atomic E-state index is 4.42. The van der Waals surface area contributed by atoms with Gasteiger partial charge in [-0.3, -0.25) is 4.99 Å². The Morgan fingerprint density at radius 1 is 1.33 bits per heavy atom. The first-order valence-electron chi connectivity index (χ1n) is 7.68. The standard InChI is InChI=1S/C18H29N2P/c1-14(2)17(20-18(19-4)15(3)21-5)13-9-12-16-10-7-6-8-11-16/h6-8,10-11,15,17,21H,1,9,12-13H2,2-5H3,(H,19,20). The van der Waals surface area contributed by atoms with Crippen molar-refractivity contribution in [3.63, 3.8) is 0 Å². The van der Waals surface area contributed by atoms with Gasteiger partial charge in [0, 0.05) is 18.7 Å². The van der Waals surface area contributed by atoms with Crippen molar-refractivity contribution in [2.24, 2.45) is 4.99 Å². The summed E-state index contributed by atoms with van der Waals surface area (Å²) in [6.45, 7) is 10.7. The average molecular weight is 304 g/mol. The van der Waals surface area contributed by atoms with E-state index >= 15 is 0 Å². The molecule has 0 aliphatic heterocycles. The Hall–Kier alpha value is -1.14. The van der Waals surface area contributed by atoms with Gasteiger partial charge in [0.1, 0.15) is 5.84 Å². The van der Waals surface area contributed by atoms with E-state index in [0.717, 1.165) is 33.7 Å². The second-order valence-corrected chi connectivity index (χ2v) is 6.98. The summed E-state index contributed by atoms with van der Waals surface area (Å²) in [4.78, 5) is 4.42. The molecule has 116 valence electrons. The van der Waals surface area contributed by atoms with Crippen LogP contribution in [0.3, 0.4) is 0 Å². The van der Waals surface area contributed by atoms with E-state index in [2.05, 4.69) is 67.7 Å². The van der Waals surface area contributed by atoms with Crippen LogP contribution in [-0.2, 0) is 6.42 Å². The summed E-state index contributed by atoms with van der Waals surface area (Å²) in [7, 11) is 2.74. The Balaban J connectivity index is 2.52. The van der Waals surface area contributed by atoms with Crippen LogP contribution in [0.5, 0.6) is 0 Å². The predicted molar refractivity (Wildman–Crippen MR) is 98.2 cm³/mol. The van der Waals surface area contributed by atoms with Crippen LogP contribution >= 0.6 is 8.58 Å². The Morgan fingerprint density at radius 2 is 2.00 bits per heavy atom. The summed E-state index contributed by atoms with van der Waals surface area (Å²) in [5.41, 5.74) is 3.10. The fourth-order valence-electron chi connectivity index (χ4n) is 2.30. The minimum Gasteiger partial charge on any atom is -0.367 e. The number of nitrogens with zero attached hydrogens (tertiary/aromatic N) is 1. The van der Waals surface area contributed by atoms with E-state index in [1.54, 1.807) is 0 Å². The monoisotopic (exact) mass is 304 g/mol. The molecule has 0 aliphatic rings. The lowest BCUT2D eigenvalue weighted by atomic mass is 10.0. The Morgan fingerprint density at radius 3 is 2.52 bits per heavy atom. The van der Waals surface area contributed by atoms with Gasteiger partial charge < -0.3 is 5.32 Å². The molecule has 0 fully saturated rings. The van der Waals surface area contributed by atoms with Crippen molar-refractivity contribution in [1.29, 1.82) is 0 Å². The zero-order chi connectivity index (χ0) is 15.7. The summed E-state index contributed by atoms with van der Waals surface area (Å²) in [5, 5.41) is 3.60. The number of amidine groups is 1. The van der Waals surface area contributed by atoms with Gasteiger partial charge in [-0.05, 0) is 38.4 Å². The van der Waals surface area contributed by atoms with E-state index in [-0.39, 0.29) is 0 Å². The molecule has 0 bridgehead atoms. The van der Waals surface area contributed by atoms with Gasteiger partial charge in [-0.1, -0.05) is 49.4 Å². The van der Waals surface area contributed by atoms with Crippen molar-refractivity contribution < 1.29 is 0 Å². The van der Waals surface area contributed by atoms with Gasteiger partial charge in [0.05, 0.1) is 0 Å². The van der Waals surface area contributed by atoms with Gasteiger partial charge in [-0.25, -0.2) is 0 Å². The molecule has 0 spiro atoms. The van der Waals surface area contributed by atoms with Gasteiger partial charge >= 0.3 is 0 Å². The van der Waals surface area contributed by atoms with Gasteiger partial charge in [-0.15, -0.1) is 8.58 Å². The fourth-order valence-corrected chi connectivity index (χ4v) is 2.78. The minimum atomic E-state index is 0.325. The lowest BCUT2D eigenvalue weighted by Crippen LogP contribution is -2.39. The van der Waals surface area contributed by atoms with Crippen molar-refractivity contribution in [1.82, 2.24) is 5.32 Å². The molecule has 21 heavy (non-hydrogen) atoms. The summed E-state index contributed by atoms with van der Waals surface area (Å²) in [5.74, 6) is 1.11. The molecule has 1 N–H and O–H groups in total. The highest BCUT2D eigenvalue weighted by Crippen LogP contribution is 2.16. The summed E-state index contributed by atoms with van der Waals surface area (Å²) >= 11 is 0. The van der Waals surface area contributed by atoms with Crippen LogP contribution < -0.4 is 5.32 Å². The predicted octanol–water partition coefficient (Wildman–Crippen LogP) is 4.27. The first-order valence-corrected chi connectivity index (χ1v) is 9.26. The fraction of sp³-hybridized carbons (Fsp3) is 0.500. The van der Waals surface area contributed by atoms with Crippen molar-refractivity contribution in [3.05, 3.63) is 48.0 Å². The van der Waals surface area contributed by atoms with Gasteiger partial charge in [0.2, 0.25) is 0 Å². The molecule has 0 heterocycles. The van der Waals surface area contributed by atoms with Gasteiger partial charge in [0.15, 0.2) is 0 Å². The highest BCUT2D eigenvalue weighted by atomic mass is 31.1. The van der Waals surface area contributed by atoms with Gasteiger partial charge in [0.25, 0.3) is 0 Å². The van der Waals surface area contributed by atoms with E-state index in [9.17, 15) is 0 Å². The maximum atomic E-state index is 4.42. The number of aryl methyl sites for hydroxylation is 1. The van der Waals surface area contributed by atoms with Crippen molar-refractivity contribution >= 4 is 14.4 Å². The van der Waals surface area contributed by atoms with E-state index < -0.39 is 0 Å². The van der Waals surface area contributed by atoms with Crippen LogP contribution in [0.4, 0.5) is 0 Å². The van der Waals surface area contributed by atoms with Crippen molar-refractivity contribution in [2.45, 2.75) is 44.8 Å². The molecular formula is C18H29N2P. The average Bonchev–Trinajstić information content (AvgIpc) is 2.50. The van der Waals surface area contributed by atoms with Crippen LogP contribution in [0.2, 0.25) is 0 Å². The normalized spacial score (nSPS) is 15.1.